The van der Waals surface area contributed by atoms with E-state index in [2.05, 4.69) is 9.97 Å². The lowest BCUT2D eigenvalue weighted by Crippen LogP contribution is -2.30. The number of pyridine rings is 2. The van der Waals surface area contributed by atoms with E-state index >= 15 is 0 Å². The van der Waals surface area contributed by atoms with Crippen LogP contribution in [0, 0.1) is 0 Å². The highest BCUT2D eigenvalue weighted by molar-refractivity contribution is 5.96. The Balaban J connectivity index is 2.61. The summed E-state index contributed by atoms with van der Waals surface area (Å²) in [5.74, 6) is -0.278. The Kier molecular flexibility index (Phi) is 2.91. The lowest BCUT2D eigenvalue weighted by molar-refractivity contribution is 0.0801. The van der Waals surface area contributed by atoms with Gasteiger partial charge in [0.25, 0.3) is 5.91 Å². The van der Waals surface area contributed by atoms with Crippen LogP contribution in [0.4, 0.5) is 0 Å². The molecule has 0 spiro atoms. The second-order valence-electron chi connectivity index (χ2n) is 3.75. The minimum absolute atomic E-state index is 0.148. The van der Waals surface area contributed by atoms with E-state index in [4.69, 9.17) is 0 Å². The quantitative estimate of drug-likeness (QED) is 0.839. The van der Waals surface area contributed by atoms with Crippen LogP contribution >= 0.6 is 0 Å². The lowest BCUT2D eigenvalue weighted by Gasteiger charge is -2.13. The molecule has 2 aromatic heterocycles. The van der Waals surface area contributed by atoms with Crippen LogP contribution in [0.1, 0.15) is 17.3 Å². The molecule has 0 aliphatic rings. The molecule has 1 amide bonds. The topological polar surface area (TPSA) is 66.1 Å². The molecule has 2 heterocycles. The molecule has 0 radical (unpaired) electrons. The number of hydrogen-bond acceptors (Lipinski definition) is 3. The average molecular weight is 231 g/mol. The fourth-order valence-electron chi connectivity index (χ4n) is 1.56. The van der Waals surface area contributed by atoms with E-state index in [1.807, 2.05) is 6.92 Å². The molecule has 0 aliphatic heterocycles. The van der Waals surface area contributed by atoms with Crippen LogP contribution in [0.3, 0.4) is 0 Å². The fourth-order valence-corrected chi connectivity index (χ4v) is 1.56. The molecule has 0 bridgehead atoms. The highest BCUT2D eigenvalue weighted by atomic mass is 16.2. The molecular formula is C12H13N3O2. The highest BCUT2D eigenvalue weighted by Crippen LogP contribution is 2.05. The number of aromatic amines is 1. The molecule has 0 atom stereocenters. The zero-order chi connectivity index (χ0) is 12.4. The van der Waals surface area contributed by atoms with Crippen LogP contribution in [0.15, 0.2) is 29.3 Å². The van der Waals surface area contributed by atoms with Crippen molar-refractivity contribution in [3.05, 3.63) is 40.3 Å². The second-order valence-corrected chi connectivity index (χ2v) is 3.75. The molecule has 0 aromatic carbocycles. The molecule has 2 aromatic rings. The summed E-state index contributed by atoms with van der Waals surface area (Å²) in [6.45, 7) is 2.41. The first-order chi connectivity index (χ1) is 8.15. The van der Waals surface area contributed by atoms with Crippen LogP contribution in [0.5, 0.6) is 0 Å². The zero-order valence-electron chi connectivity index (χ0n) is 9.73. The van der Waals surface area contributed by atoms with E-state index < -0.39 is 0 Å². The van der Waals surface area contributed by atoms with E-state index in [1.165, 1.54) is 11.1 Å². The average Bonchev–Trinajstić information content (AvgIpc) is 2.38. The van der Waals surface area contributed by atoms with Gasteiger partial charge < -0.3 is 9.88 Å². The maximum absolute atomic E-state index is 12.1. The number of carbonyl (C=O) groups is 1. The van der Waals surface area contributed by atoms with Gasteiger partial charge in [-0.2, -0.15) is 0 Å². The van der Waals surface area contributed by atoms with Gasteiger partial charge in [-0.3, -0.25) is 9.59 Å². The van der Waals surface area contributed by atoms with Crippen molar-refractivity contribution in [1.82, 2.24) is 14.9 Å². The third-order valence-electron chi connectivity index (χ3n) is 2.70. The molecule has 88 valence electrons. The third kappa shape index (κ3) is 1.91. The smallest absolute Gasteiger partial charge is 0.259 e. The predicted octanol–water partition coefficient (Wildman–Crippen LogP) is 1.02. The summed E-state index contributed by atoms with van der Waals surface area (Å²) in [6.07, 6.45) is 3.02. The molecular weight excluding hydrogens is 218 g/mol. The molecule has 5 heteroatoms. The molecule has 0 fully saturated rings. The maximum Gasteiger partial charge on any atom is 0.259 e. The lowest BCUT2D eigenvalue weighted by atomic mass is 10.2. The van der Waals surface area contributed by atoms with Crippen LogP contribution in [0.25, 0.3) is 11.0 Å². The molecule has 1 N–H and O–H groups in total. The predicted molar refractivity (Wildman–Crippen MR) is 65.0 cm³/mol. The van der Waals surface area contributed by atoms with Gasteiger partial charge in [0.05, 0.1) is 5.39 Å². The third-order valence-corrected chi connectivity index (χ3v) is 2.70. The molecule has 0 saturated heterocycles. The van der Waals surface area contributed by atoms with Crippen LogP contribution in [-0.4, -0.2) is 34.4 Å². The number of amides is 1. The minimum atomic E-state index is -0.280. The standard InChI is InChI=1S/C12H13N3O2/c1-3-15(2)12(17)9-7-14-11-8(10(9)16)5-4-6-13-11/h4-7H,3H2,1-2H3,(H,13,14,16). The molecule has 2 rings (SSSR count). The van der Waals surface area contributed by atoms with E-state index in [9.17, 15) is 9.59 Å². The van der Waals surface area contributed by atoms with Gasteiger partial charge in [-0.15, -0.1) is 0 Å². The van der Waals surface area contributed by atoms with Crippen molar-refractivity contribution < 1.29 is 4.79 Å². The summed E-state index contributed by atoms with van der Waals surface area (Å²) in [4.78, 5) is 32.4. The van der Waals surface area contributed by atoms with E-state index in [1.54, 1.807) is 25.4 Å². The second kappa shape index (κ2) is 4.37. The van der Waals surface area contributed by atoms with Crippen molar-refractivity contribution in [3.63, 3.8) is 0 Å². The summed E-state index contributed by atoms with van der Waals surface area (Å²) in [5.41, 5.74) is 0.361. The maximum atomic E-state index is 12.1. The summed E-state index contributed by atoms with van der Waals surface area (Å²) < 4.78 is 0. The Bertz CT molecular complexity index is 618. The van der Waals surface area contributed by atoms with Gasteiger partial charge in [-0.25, -0.2) is 4.98 Å². The Hall–Kier alpha value is -2.17. The summed E-state index contributed by atoms with van der Waals surface area (Å²) in [5, 5.41) is 0.433. The molecule has 0 aliphatic carbocycles. The Morgan fingerprint density at radius 3 is 3.00 bits per heavy atom. The number of nitrogens with one attached hydrogen (secondary N) is 1. The van der Waals surface area contributed by atoms with Gasteiger partial charge in [0.2, 0.25) is 5.43 Å². The number of fused-ring (bicyclic) bond motifs is 1. The van der Waals surface area contributed by atoms with Gasteiger partial charge in [-0.1, -0.05) is 0 Å². The van der Waals surface area contributed by atoms with Gasteiger partial charge >= 0.3 is 0 Å². The molecule has 0 saturated carbocycles. The molecule has 17 heavy (non-hydrogen) atoms. The van der Waals surface area contributed by atoms with Crippen LogP contribution in [-0.2, 0) is 0 Å². The Morgan fingerprint density at radius 1 is 1.53 bits per heavy atom. The number of H-pyrrole nitrogens is 1. The van der Waals surface area contributed by atoms with Crippen molar-refractivity contribution in [2.75, 3.05) is 13.6 Å². The van der Waals surface area contributed by atoms with Crippen molar-refractivity contribution >= 4 is 16.9 Å². The number of aromatic nitrogens is 2. The Labute approximate surface area is 98.1 Å². The largest absolute Gasteiger partial charge is 0.345 e. The first-order valence-electron chi connectivity index (χ1n) is 5.37. The van der Waals surface area contributed by atoms with Gasteiger partial charge in [0.15, 0.2) is 0 Å². The van der Waals surface area contributed by atoms with Crippen molar-refractivity contribution in [3.8, 4) is 0 Å². The summed E-state index contributed by atoms with van der Waals surface area (Å²) >= 11 is 0. The van der Waals surface area contributed by atoms with E-state index in [0.29, 0.717) is 17.6 Å². The Morgan fingerprint density at radius 2 is 2.29 bits per heavy atom. The number of rotatable bonds is 2. The van der Waals surface area contributed by atoms with Crippen molar-refractivity contribution in [2.45, 2.75) is 6.92 Å². The summed E-state index contributed by atoms with van der Waals surface area (Å²) in [7, 11) is 1.66. The van der Waals surface area contributed by atoms with Crippen molar-refractivity contribution in [2.24, 2.45) is 0 Å². The van der Waals surface area contributed by atoms with Gasteiger partial charge in [0.1, 0.15) is 11.2 Å². The molecule has 0 unspecified atom stereocenters. The highest BCUT2D eigenvalue weighted by Gasteiger charge is 2.15. The van der Waals surface area contributed by atoms with Crippen LogP contribution < -0.4 is 5.43 Å². The van der Waals surface area contributed by atoms with Gasteiger partial charge in [0, 0.05) is 26.0 Å². The first kappa shape index (κ1) is 11.3. The van der Waals surface area contributed by atoms with Gasteiger partial charge in [-0.05, 0) is 19.1 Å². The zero-order valence-corrected chi connectivity index (χ0v) is 9.73. The van der Waals surface area contributed by atoms with Crippen molar-refractivity contribution in [1.29, 1.82) is 0 Å². The number of nitrogens with zero attached hydrogens (tertiary/aromatic N) is 2. The van der Waals surface area contributed by atoms with E-state index in [-0.39, 0.29) is 16.9 Å². The first-order valence-corrected chi connectivity index (χ1v) is 5.37. The van der Waals surface area contributed by atoms with E-state index in [0.717, 1.165) is 0 Å². The summed E-state index contributed by atoms with van der Waals surface area (Å²) in [6, 6.07) is 3.33. The normalized spacial score (nSPS) is 10.5. The number of carbonyl (C=O) groups excluding carboxylic acids is 1. The SMILES string of the molecule is CCN(C)C(=O)c1c[nH]c2ncccc2c1=O. The number of hydrogen-bond donors (Lipinski definition) is 1. The minimum Gasteiger partial charge on any atom is -0.345 e. The van der Waals surface area contributed by atoms with Crippen LogP contribution in [0.2, 0.25) is 0 Å². The monoisotopic (exact) mass is 231 g/mol. The fraction of sp³-hybridized carbons (Fsp3) is 0.250. The molecule has 5 nitrogen and oxygen atoms in total.